The Morgan fingerprint density at radius 1 is 1.33 bits per heavy atom. The number of anilines is 1. The first-order valence-electron chi connectivity index (χ1n) is 6.54. The van der Waals surface area contributed by atoms with Crippen LogP contribution in [0.4, 0.5) is 10.5 Å². The number of carbonyl (C=O) groups is 1. The summed E-state index contributed by atoms with van der Waals surface area (Å²) in [6.07, 6.45) is 2.01. The molecule has 1 aromatic heterocycles. The average Bonchev–Trinajstić information content (AvgIpc) is 3.04. The first kappa shape index (κ1) is 14.2. The van der Waals surface area contributed by atoms with Crippen molar-refractivity contribution in [3.8, 4) is 0 Å². The predicted molar refractivity (Wildman–Crippen MR) is 80.7 cm³/mol. The Balaban J connectivity index is 1.60. The molecule has 2 aromatic rings. The number of urea groups is 1. The van der Waals surface area contributed by atoms with Crippen molar-refractivity contribution in [2.24, 2.45) is 0 Å². The molecule has 2 N–H and O–H groups in total. The zero-order valence-corrected chi connectivity index (χ0v) is 12.6. The van der Waals surface area contributed by atoms with E-state index in [1.54, 1.807) is 18.2 Å². The molecule has 21 heavy (non-hydrogen) atoms. The summed E-state index contributed by atoms with van der Waals surface area (Å²) in [7, 11) is 0. The van der Waals surface area contributed by atoms with Crippen molar-refractivity contribution in [2.45, 2.75) is 25.9 Å². The van der Waals surface area contributed by atoms with Crippen molar-refractivity contribution in [3.05, 3.63) is 39.9 Å². The molecular weight excluding hydrogens is 313 g/mol. The minimum Gasteiger partial charge on any atom is -0.331 e. The maximum Gasteiger partial charge on any atom is 0.319 e. The number of benzene rings is 1. The minimum absolute atomic E-state index is 0.316. The number of rotatable bonds is 3. The largest absolute Gasteiger partial charge is 0.331 e. The van der Waals surface area contributed by atoms with Gasteiger partial charge in [0.15, 0.2) is 5.82 Å². The second-order valence-corrected chi connectivity index (χ2v) is 5.56. The molecule has 0 aliphatic carbocycles. The molecule has 2 amide bonds. The SMILES string of the molecule is O=C(NCc1nnc2n1CCC2)Nc1cc(Cl)ccc1Cl. The fourth-order valence-electron chi connectivity index (χ4n) is 2.26. The topological polar surface area (TPSA) is 71.8 Å². The molecule has 1 aromatic carbocycles. The molecule has 8 heteroatoms. The highest BCUT2D eigenvalue weighted by atomic mass is 35.5. The summed E-state index contributed by atoms with van der Waals surface area (Å²) in [4.78, 5) is 11.9. The van der Waals surface area contributed by atoms with E-state index >= 15 is 0 Å². The third-order valence-electron chi connectivity index (χ3n) is 3.27. The van der Waals surface area contributed by atoms with Gasteiger partial charge in [-0.1, -0.05) is 23.2 Å². The summed E-state index contributed by atoms with van der Waals surface area (Å²) >= 11 is 11.9. The van der Waals surface area contributed by atoms with Gasteiger partial charge in [-0.2, -0.15) is 0 Å². The number of amides is 2. The summed E-state index contributed by atoms with van der Waals surface area (Å²) < 4.78 is 2.03. The standard InChI is InChI=1S/C13H13Cl2N5O/c14-8-3-4-9(15)10(6-8)17-13(21)16-7-12-19-18-11-2-1-5-20(11)12/h3-4,6H,1-2,5,7H2,(H2,16,17,21). The van der Waals surface area contributed by atoms with Crippen LogP contribution in [-0.4, -0.2) is 20.8 Å². The van der Waals surface area contributed by atoms with E-state index in [1.165, 1.54) is 0 Å². The summed E-state index contributed by atoms with van der Waals surface area (Å²) in [6, 6.07) is 4.52. The van der Waals surface area contributed by atoms with E-state index in [1.807, 2.05) is 4.57 Å². The predicted octanol–water partition coefficient (Wildman–Crippen LogP) is 2.85. The highest BCUT2D eigenvalue weighted by Crippen LogP contribution is 2.25. The molecule has 0 unspecified atom stereocenters. The maximum atomic E-state index is 11.9. The van der Waals surface area contributed by atoms with Crippen molar-refractivity contribution in [1.29, 1.82) is 0 Å². The number of fused-ring (bicyclic) bond motifs is 1. The third-order valence-corrected chi connectivity index (χ3v) is 3.83. The molecule has 0 radical (unpaired) electrons. The Labute approximate surface area is 131 Å². The van der Waals surface area contributed by atoms with Crippen LogP contribution in [0.2, 0.25) is 10.0 Å². The molecule has 0 bridgehead atoms. The lowest BCUT2D eigenvalue weighted by molar-refractivity contribution is 0.251. The lowest BCUT2D eigenvalue weighted by Gasteiger charge is -2.09. The number of aromatic nitrogens is 3. The van der Waals surface area contributed by atoms with Crippen LogP contribution in [0.5, 0.6) is 0 Å². The Kier molecular flexibility index (Phi) is 3.98. The number of hydrogen-bond donors (Lipinski definition) is 2. The van der Waals surface area contributed by atoms with Crippen molar-refractivity contribution in [2.75, 3.05) is 5.32 Å². The van der Waals surface area contributed by atoms with Gasteiger partial charge < -0.3 is 15.2 Å². The maximum absolute atomic E-state index is 11.9. The van der Waals surface area contributed by atoms with Gasteiger partial charge in [-0.3, -0.25) is 0 Å². The van der Waals surface area contributed by atoms with Gasteiger partial charge >= 0.3 is 6.03 Å². The molecule has 0 fully saturated rings. The van der Waals surface area contributed by atoms with E-state index in [-0.39, 0.29) is 6.03 Å². The normalized spacial score (nSPS) is 13.0. The van der Waals surface area contributed by atoms with Crippen molar-refractivity contribution < 1.29 is 4.79 Å². The Morgan fingerprint density at radius 2 is 2.19 bits per heavy atom. The average molecular weight is 326 g/mol. The van der Waals surface area contributed by atoms with Crippen LogP contribution in [0.25, 0.3) is 0 Å². The van der Waals surface area contributed by atoms with Gasteiger partial charge in [0.1, 0.15) is 5.82 Å². The first-order chi connectivity index (χ1) is 10.1. The third kappa shape index (κ3) is 3.11. The molecule has 6 nitrogen and oxygen atoms in total. The highest BCUT2D eigenvalue weighted by Gasteiger charge is 2.17. The van der Waals surface area contributed by atoms with Crippen LogP contribution in [0.15, 0.2) is 18.2 Å². The molecule has 3 rings (SSSR count). The number of halogens is 2. The van der Waals surface area contributed by atoms with Crippen LogP contribution < -0.4 is 10.6 Å². The first-order valence-corrected chi connectivity index (χ1v) is 7.30. The van der Waals surface area contributed by atoms with E-state index in [4.69, 9.17) is 23.2 Å². The zero-order valence-electron chi connectivity index (χ0n) is 11.1. The summed E-state index contributed by atoms with van der Waals surface area (Å²) in [5.41, 5.74) is 0.466. The van der Waals surface area contributed by atoms with E-state index in [0.29, 0.717) is 22.3 Å². The minimum atomic E-state index is -0.366. The van der Waals surface area contributed by atoms with Gasteiger partial charge in [-0.25, -0.2) is 4.79 Å². The van der Waals surface area contributed by atoms with Gasteiger partial charge in [0.25, 0.3) is 0 Å². The molecule has 1 aliphatic heterocycles. The fraction of sp³-hybridized carbons (Fsp3) is 0.308. The summed E-state index contributed by atoms with van der Waals surface area (Å²) in [5.74, 6) is 1.74. The Morgan fingerprint density at radius 3 is 3.05 bits per heavy atom. The van der Waals surface area contributed by atoms with Crippen LogP contribution >= 0.6 is 23.2 Å². The van der Waals surface area contributed by atoms with Crippen molar-refractivity contribution >= 4 is 34.9 Å². The molecule has 0 atom stereocenters. The molecule has 2 heterocycles. The smallest absolute Gasteiger partial charge is 0.319 e. The highest BCUT2D eigenvalue weighted by molar-refractivity contribution is 6.35. The molecule has 1 aliphatic rings. The van der Waals surface area contributed by atoms with Crippen LogP contribution in [0.3, 0.4) is 0 Å². The summed E-state index contributed by atoms with van der Waals surface area (Å²) in [5, 5.41) is 14.5. The van der Waals surface area contributed by atoms with E-state index in [2.05, 4.69) is 20.8 Å². The fourth-order valence-corrected chi connectivity index (χ4v) is 2.60. The van der Waals surface area contributed by atoms with E-state index in [9.17, 15) is 4.79 Å². The molecule has 110 valence electrons. The monoisotopic (exact) mass is 325 g/mol. The molecule has 0 saturated heterocycles. The molecule has 0 spiro atoms. The number of carbonyl (C=O) groups excluding carboxylic acids is 1. The van der Waals surface area contributed by atoms with Gasteiger partial charge in [0.2, 0.25) is 0 Å². The summed E-state index contributed by atoms with van der Waals surface area (Å²) in [6.45, 7) is 1.22. The quantitative estimate of drug-likeness (QED) is 0.911. The number of nitrogens with one attached hydrogen (secondary N) is 2. The Hall–Kier alpha value is -1.79. The second-order valence-electron chi connectivity index (χ2n) is 4.72. The zero-order chi connectivity index (χ0) is 14.8. The van der Waals surface area contributed by atoms with Crippen molar-refractivity contribution in [1.82, 2.24) is 20.1 Å². The van der Waals surface area contributed by atoms with Crippen LogP contribution in [-0.2, 0) is 19.5 Å². The van der Waals surface area contributed by atoms with Gasteiger partial charge in [0, 0.05) is 18.0 Å². The Bertz CT molecular complexity index is 685. The number of nitrogens with zero attached hydrogens (tertiary/aromatic N) is 3. The van der Waals surface area contributed by atoms with Gasteiger partial charge in [-0.15, -0.1) is 10.2 Å². The van der Waals surface area contributed by atoms with Crippen LogP contribution in [0.1, 0.15) is 18.1 Å². The second kappa shape index (κ2) is 5.91. The lowest BCUT2D eigenvalue weighted by atomic mass is 10.3. The van der Waals surface area contributed by atoms with E-state index < -0.39 is 0 Å². The van der Waals surface area contributed by atoms with Gasteiger partial charge in [-0.05, 0) is 24.6 Å². The number of aryl methyl sites for hydroxylation is 1. The number of hydrogen-bond acceptors (Lipinski definition) is 3. The molecule has 0 saturated carbocycles. The molecular formula is C13H13Cl2N5O. The lowest BCUT2D eigenvalue weighted by Crippen LogP contribution is -2.29. The van der Waals surface area contributed by atoms with Gasteiger partial charge in [0.05, 0.1) is 17.3 Å². The van der Waals surface area contributed by atoms with Crippen LogP contribution in [0, 0.1) is 0 Å². The van der Waals surface area contributed by atoms with Crippen molar-refractivity contribution in [3.63, 3.8) is 0 Å². The van der Waals surface area contributed by atoms with E-state index in [0.717, 1.165) is 31.0 Å².